The predicted molar refractivity (Wildman–Crippen MR) is 59.7 cm³/mol. The van der Waals surface area contributed by atoms with Crippen LogP contribution < -0.4 is 0 Å². The van der Waals surface area contributed by atoms with Gasteiger partial charge < -0.3 is 10.2 Å². The van der Waals surface area contributed by atoms with Crippen molar-refractivity contribution in [1.29, 1.82) is 0 Å². The summed E-state index contributed by atoms with van der Waals surface area (Å²) in [6.45, 7) is 1.91. The molecular weight excluding hydrogens is 188 g/mol. The molecular formula is C13H14O2. The van der Waals surface area contributed by atoms with Gasteiger partial charge in [-0.3, -0.25) is 0 Å². The fourth-order valence-electron chi connectivity index (χ4n) is 1.90. The number of benzene rings is 1. The van der Waals surface area contributed by atoms with Gasteiger partial charge in [0.2, 0.25) is 0 Å². The molecule has 1 aliphatic rings. The average Bonchev–Trinajstić information content (AvgIpc) is 2.23. The van der Waals surface area contributed by atoms with Gasteiger partial charge >= 0.3 is 0 Å². The van der Waals surface area contributed by atoms with E-state index < -0.39 is 11.5 Å². The Morgan fingerprint density at radius 3 is 2.60 bits per heavy atom. The van der Waals surface area contributed by atoms with Crippen molar-refractivity contribution < 1.29 is 10.2 Å². The minimum atomic E-state index is -0.601. The summed E-state index contributed by atoms with van der Waals surface area (Å²) in [5, 5.41) is 19.7. The molecule has 2 rings (SSSR count). The van der Waals surface area contributed by atoms with E-state index in [2.05, 4.69) is 0 Å². The van der Waals surface area contributed by atoms with Gasteiger partial charge in [-0.15, -0.1) is 0 Å². The van der Waals surface area contributed by atoms with Gasteiger partial charge in [0.05, 0.1) is 6.10 Å². The third kappa shape index (κ3) is 1.57. The molecule has 0 bridgehead atoms. The maximum absolute atomic E-state index is 9.96. The Balaban J connectivity index is 2.50. The first kappa shape index (κ1) is 9.99. The van der Waals surface area contributed by atoms with E-state index in [1.165, 1.54) is 0 Å². The van der Waals surface area contributed by atoms with Gasteiger partial charge in [-0.05, 0) is 13.0 Å². The summed E-state index contributed by atoms with van der Waals surface area (Å²) in [5.41, 5.74) is 0.207. The molecule has 78 valence electrons. The molecule has 0 radical (unpaired) electrons. The van der Waals surface area contributed by atoms with Crippen molar-refractivity contribution in [1.82, 2.24) is 0 Å². The van der Waals surface area contributed by atoms with Crippen LogP contribution in [0, 0.1) is 0 Å². The molecule has 0 aliphatic heterocycles. The second kappa shape index (κ2) is 3.55. The summed E-state index contributed by atoms with van der Waals surface area (Å²) in [5.74, 6) is 0.221. The van der Waals surface area contributed by atoms with Crippen molar-refractivity contribution in [2.45, 2.75) is 18.4 Å². The summed E-state index contributed by atoms with van der Waals surface area (Å²) >= 11 is 0. The number of rotatable bonds is 1. The van der Waals surface area contributed by atoms with Gasteiger partial charge in [0.25, 0.3) is 0 Å². The zero-order valence-electron chi connectivity index (χ0n) is 8.59. The van der Waals surface area contributed by atoms with Crippen LogP contribution in [0.1, 0.15) is 12.5 Å². The molecule has 0 aromatic heterocycles. The average molecular weight is 202 g/mol. The quantitative estimate of drug-likeness (QED) is 0.732. The highest BCUT2D eigenvalue weighted by Crippen LogP contribution is 2.37. The molecule has 0 fully saturated rings. The summed E-state index contributed by atoms with van der Waals surface area (Å²) < 4.78 is 0. The lowest BCUT2D eigenvalue weighted by Gasteiger charge is -2.32. The zero-order chi connectivity index (χ0) is 10.9. The van der Waals surface area contributed by atoms with Crippen molar-refractivity contribution >= 4 is 0 Å². The highest BCUT2D eigenvalue weighted by Gasteiger charge is 2.33. The van der Waals surface area contributed by atoms with Crippen LogP contribution in [0.25, 0.3) is 0 Å². The van der Waals surface area contributed by atoms with Crippen LogP contribution in [0.5, 0.6) is 5.75 Å². The van der Waals surface area contributed by atoms with Crippen LogP contribution in [-0.4, -0.2) is 16.3 Å². The van der Waals surface area contributed by atoms with Gasteiger partial charge in [-0.1, -0.05) is 42.5 Å². The minimum absolute atomic E-state index is 0.221. The molecule has 2 atom stereocenters. The molecule has 2 N–H and O–H groups in total. The van der Waals surface area contributed by atoms with Crippen molar-refractivity contribution in [3.05, 3.63) is 54.1 Å². The Morgan fingerprint density at radius 2 is 1.93 bits per heavy atom. The van der Waals surface area contributed by atoms with Gasteiger partial charge in [-0.25, -0.2) is 0 Å². The highest BCUT2D eigenvalue weighted by atomic mass is 16.3. The zero-order valence-corrected chi connectivity index (χ0v) is 8.59. The van der Waals surface area contributed by atoms with Crippen LogP contribution in [0.2, 0.25) is 0 Å². The summed E-state index contributed by atoms with van der Waals surface area (Å²) in [6.07, 6.45) is 6.74. The first-order chi connectivity index (χ1) is 7.14. The number of aliphatic hydroxyl groups excluding tert-OH is 1. The SMILES string of the molecule is CC1(c2ccccc2O)C=CC=CC1O. The smallest absolute Gasteiger partial charge is 0.119 e. The number of aromatic hydroxyl groups is 1. The van der Waals surface area contributed by atoms with E-state index >= 15 is 0 Å². The second-order valence-corrected chi connectivity index (χ2v) is 3.99. The lowest BCUT2D eigenvalue weighted by atomic mass is 9.75. The monoisotopic (exact) mass is 202 g/mol. The molecule has 15 heavy (non-hydrogen) atoms. The van der Waals surface area contributed by atoms with Crippen molar-refractivity contribution in [3.63, 3.8) is 0 Å². The summed E-state index contributed by atoms with van der Waals surface area (Å²) in [4.78, 5) is 0. The Bertz CT molecular complexity index is 420. The molecule has 0 heterocycles. The van der Waals surface area contributed by atoms with E-state index in [0.29, 0.717) is 0 Å². The van der Waals surface area contributed by atoms with E-state index in [4.69, 9.17) is 0 Å². The van der Waals surface area contributed by atoms with Gasteiger partial charge in [0, 0.05) is 11.0 Å². The largest absolute Gasteiger partial charge is 0.508 e. The number of allylic oxidation sites excluding steroid dienone is 2. The van der Waals surface area contributed by atoms with Gasteiger partial charge in [-0.2, -0.15) is 0 Å². The number of phenolic OH excluding ortho intramolecular Hbond substituents is 1. The molecule has 0 saturated heterocycles. The molecule has 1 aromatic rings. The minimum Gasteiger partial charge on any atom is -0.508 e. The maximum Gasteiger partial charge on any atom is 0.119 e. The number of aliphatic hydroxyl groups is 1. The molecule has 2 nitrogen and oxygen atoms in total. The molecule has 0 saturated carbocycles. The Morgan fingerprint density at radius 1 is 1.20 bits per heavy atom. The van der Waals surface area contributed by atoms with Crippen molar-refractivity contribution in [2.75, 3.05) is 0 Å². The van der Waals surface area contributed by atoms with Crippen LogP contribution in [0.4, 0.5) is 0 Å². The first-order valence-electron chi connectivity index (χ1n) is 4.97. The Kier molecular flexibility index (Phi) is 2.37. The number of hydrogen-bond donors (Lipinski definition) is 2. The number of phenols is 1. The third-order valence-electron chi connectivity index (χ3n) is 2.95. The van der Waals surface area contributed by atoms with Crippen molar-refractivity contribution in [2.24, 2.45) is 0 Å². The second-order valence-electron chi connectivity index (χ2n) is 3.99. The predicted octanol–water partition coefficient (Wildman–Crippen LogP) is 2.14. The van der Waals surface area contributed by atoms with Gasteiger partial charge in [0.15, 0.2) is 0 Å². The van der Waals surface area contributed by atoms with Crippen LogP contribution in [0.3, 0.4) is 0 Å². The molecule has 0 spiro atoms. The third-order valence-corrected chi connectivity index (χ3v) is 2.95. The topological polar surface area (TPSA) is 40.5 Å². The van der Waals surface area contributed by atoms with Crippen LogP contribution in [-0.2, 0) is 5.41 Å². The lowest BCUT2D eigenvalue weighted by Crippen LogP contribution is -2.34. The molecule has 1 aliphatic carbocycles. The van der Waals surface area contributed by atoms with E-state index in [-0.39, 0.29) is 5.75 Å². The highest BCUT2D eigenvalue weighted by molar-refractivity contribution is 5.45. The number of hydrogen-bond acceptors (Lipinski definition) is 2. The van der Waals surface area contributed by atoms with E-state index in [1.54, 1.807) is 18.2 Å². The van der Waals surface area contributed by atoms with Crippen LogP contribution >= 0.6 is 0 Å². The Hall–Kier alpha value is -1.54. The molecule has 2 heteroatoms. The number of para-hydroxylation sites is 1. The maximum atomic E-state index is 9.96. The first-order valence-corrected chi connectivity index (χ1v) is 4.97. The molecule has 0 amide bonds. The molecule has 1 aromatic carbocycles. The van der Waals surface area contributed by atoms with Gasteiger partial charge in [0.1, 0.15) is 5.75 Å². The van der Waals surface area contributed by atoms with E-state index in [1.807, 2.05) is 37.3 Å². The van der Waals surface area contributed by atoms with Crippen LogP contribution in [0.15, 0.2) is 48.6 Å². The normalized spacial score (nSPS) is 29.3. The summed E-state index contributed by atoms with van der Waals surface area (Å²) in [6, 6.07) is 7.11. The Labute approximate surface area is 89.2 Å². The van der Waals surface area contributed by atoms with Crippen molar-refractivity contribution in [3.8, 4) is 5.75 Å². The fourth-order valence-corrected chi connectivity index (χ4v) is 1.90. The van der Waals surface area contributed by atoms with E-state index in [0.717, 1.165) is 5.56 Å². The summed E-state index contributed by atoms with van der Waals surface area (Å²) in [7, 11) is 0. The van der Waals surface area contributed by atoms with E-state index in [9.17, 15) is 10.2 Å². The fraction of sp³-hybridized carbons (Fsp3) is 0.231. The molecule has 2 unspecified atom stereocenters. The lowest BCUT2D eigenvalue weighted by molar-refractivity contribution is 0.157. The standard InChI is InChI=1S/C13H14O2/c1-13(9-5-4-8-12(13)15)10-6-2-3-7-11(10)14/h2-9,12,14-15H,1H3.